The summed E-state index contributed by atoms with van der Waals surface area (Å²) in [5, 5.41) is 11.8. The predicted octanol–water partition coefficient (Wildman–Crippen LogP) is 1.87. The van der Waals surface area contributed by atoms with Crippen LogP contribution in [0.2, 0.25) is 0 Å². The van der Waals surface area contributed by atoms with Crippen LogP contribution in [0.3, 0.4) is 0 Å². The van der Waals surface area contributed by atoms with E-state index in [4.69, 9.17) is 9.84 Å². The van der Waals surface area contributed by atoms with Gasteiger partial charge in [0.2, 0.25) is 0 Å². The van der Waals surface area contributed by atoms with Crippen molar-refractivity contribution in [2.45, 2.75) is 26.3 Å². The maximum atomic E-state index is 8.67. The van der Waals surface area contributed by atoms with Crippen LogP contribution in [0.5, 0.6) is 5.75 Å². The van der Waals surface area contributed by atoms with Crippen molar-refractivity contribution in [3.8, 4) is 5.75 Å². The quantitative estimate of drug-likeness (QED) is 0.693. The minimum atomic E-state index is 0.237. The monoisotopic (exact) mass is 223 g/mol. The van der Waals surface area contributed by atoms with E-state index in [1.54, 1.807) is 0 Å². The summed E-state index contributed by atoms with van der Waals surface area (Å²) in [6, 6.07) is 6.21. The van der Waals surface area contributed by atoms with E-state index in [9.17, 15) is 0 Å². The van der Waals surface area contributed by atoms with Gasteiger partial charge in [-0.3, -0.25) is 0 Å². The number of aryl methyl sites for hydroxylation is 1. The Morgan fingerprint density at radius 3 is 2.81 bits per heavy atom. The first-order chi connectivity index (χ1) is 7.77. The van der Waals surface area contributed by atoms with E-state index in [2.05, 4.69) is 24.4 Å². The molecule has 2 N–H and O–H groups in total. The zero-order valence-corrected chi connectivity index (χ0v) is 10.1. The molecule has 0 fully saturated rings. The molecule has 0 aliphatic heterocycles. The van der Waals surface area contributed by atoms with E-state index in [-0.39, 0.29) is 6.61 Å². The first-order valence-electron chi connectivity index (χ1n) is 5.75. The van der Waals surface area contributed by atoms with Gasteiger partial charge in [-0.1, -0.05) is 17.7 Å². The van der Waals surface area contributed by atoms with Gasteiger partial charge in [-0.2, -0.15) is 0 Å². The number of hydrogen-bond donors (Lipinski definition) is 2. The zero-order valence-electron chi connectivity index (χ0n) is 10.1. The second kappa shape index (κ2) is 7.25. The molecular formula is C13H21NO2. The highest BCUT2D eigenvalue weighted by Crippen LogP contribution is 2.20. The number of aliphatic hydroxyl groups is 1. The molecule has 0 aromatic heterocycles. The summed E-state index contributed by atoms with van der Waals surface area (Å²) in [6.45, 7) is 3.80. The summed E-state index contributed by atoms with van der Waals surface area (Å²) < 4.78 is 5.70. The molecule has 16 heavy (non-hydrogen) atoms. The van der Waals surface area contributed by atoms with Gasteiger partial charge in [-0.05, 0) is 32.9 Å². The lowest BCUT2D eigenvalue weighted by molar-refractivity contribution is 0.252. The van der Waals surface area contributed by atoms with Crippen LogP contribution in [0.1, 0.15) is 24.0 Å². The number of unbranched alkanes of at least 4 members (excludes halogenated alkanes) is 1. The smallest absolute Gasteiger partial charge is 0.123 e. The average Bonchev–Trinajstić information content (AvgIpc) is 2.27. The van der Waals surface area contributed by atoms with Gasteiger partial charge in [0.1, 0.15) is 5.75 Å². The van der Waals surface area contributed by atoms with Crippen molar-refractivity contribution in [2.75, 3.05) is 20.3 Å². The lowest BCUT2D eigenvalue weighted by Gasteiger charge is -2.11. The Hall–Kier alpha value is -1.06. The Bertz CT molecular complexity index is 313. The number of aliphatic hydroxyl groups excluding tert-OH is 1. The van der Waals surface area contributed by atoms with E-state index in [1.807, 2.05) is 13.1 Å². The van der Waals surface area contributed by atoms with Gasteiger partial charge in [0.25, 0.3) is 0 Å². The van der Waals surface area contributed by atoms with E-state index in [1.165, 1.54) is 11.1 Å². The Balaban J connectivity index is 2.56. The fourth-order valence-corrected chi connectivity index (χ4v) is 1.57. The molecule has 0 amide bonds. The molecule has 0 saturated carbocycles. The predicted molar refractivity (Wildman–Crippen MR) is 65.8 cm³/mol. The maximum absolute atomic E-state index is 8.67. The normalized spacial score (nSPS) is 10.4. The van der Waals surface area contributed by atoms with Gasteiger partial charge < -0.3 is 15.2 Å². The Kier molecular flexibility index (Phi) is 5.90. The third-order valence-electron chi connectivity index (χ3n) is 2.39. The van der Waals surface area contributed by atoms with Crippen LogP contribution in [0.15, 0.2) is 18.2 Å². The largest absolute Gasteiger partial charge is 0.493 e. The van der Waals surface area contributed by atoms with E-state index in [0.29, 0.717) is 6.61 Å². The fraction of sp³-hybridized carbons (Fsp3) is 0.538. The molecule has 0 bridgehead atoms. The van der Waals surface area contributed by atoms with E-state index < -0.39 is 0 Å². The highest BCUT2D eigenvalue weighted by Gasteiger charge is 2.02. The van der Waals surface area contributed by atoms with Crippen molar-refractivity contribution in [3.63, 3.8) is 0 Å². The number of hydrogen-bond acceptors (Lipinski definition) is 3. The van der Waals surface area contributed by atoms with Crippen LogP contribution in [-0.4, -0.2) is 25.4 Å². The molecule has 0 unspecified atom stereocenters. The minimum Gasteiger partial charge on any atom is -0.493 e. The van der Waals surface area contributed by atoms with Gasteiger partial charge >= 0.3 is 0 Å². The van der Waals surface area contributed by atoms with Crippen LogP contribution >= 0.6 is 0 Å². The van der Waals surface area contributed by atoms with Gasteiger partial charge in [0, 0.05) is 18.7 Å². The van der Waals surface area contributed by atoms with Crippen molar-refractivity contribution in [2.24, 2.45) is 0 Å². The summed E-state index contributed by atoms with van der Waals surface area (Å²) in [7, 11) is 1.93. The number of benzene rings is 1. The average molecular weight is 223 g/mol. The highest BCUT2D eigenvalue weighted by atomic mass is 16.5. The second-order valence-electron chi connectivity index (χ2n) is 3.92. The summed E-state index contributed by atoms with van der Waals surface area (Å²) in [5.74, 6) is 0.942. The molecular weight excluding hydrogens is 202 g/mol. The molecule has 90 valence electrons. The molecule has 0 radical (unpaired) electrons. The molecule has 0 aliphatic rings. The van der Waals surface area contributed by atoms with Crippen molar-refractivity contribution in [3.05, 3.63) is 29.3 Å². The van der Waals surface area contributed by atoms with Crippen LogP contribution in [0.25, 0.3) is 0 Å². The fourth-order valence-electron chi connectivity index (χ4n) is 1.57. The van der Waals surface area contributed by atoms with E-state index >= 15 is 0 Å². The molecule has 3 heteroatoms. The van der Waals surface area contributed by atoms with Crippen LogP contribution in [-0.2, 0) is 6.54 Å². The van der Waals surface area contributed by atoms with Gasteiger partial charge in [0.05, 0.1) is 6.61 Å². The molecule has 1 rings (SSSR count). The standard InChI is InChI=1S/C13H21NO2/c1-11-5-6-13(12(9-11)10-14-2)16-8-4-3-7-15/h5-6,9,14-15H,3-4,7-8,10H2,1-2H3. The Morgan fingerprint density at radius 1 is 1.31 bits per heavy atom. The zero-order chi connectivity index (χ0) is 11.8. The molecule has 1 aromatic carbocycles. The third kappa shape index (κ3) is 4.21. The van der Waals surface area contributed by atoms with Crippen molar-refractivity contribution in [1.29, 1.82) is 0 Å². The molecule has 0 saturated heterocycles. The Labute approximate surface area is 97.4 Å². The van der Waals surface area contributed by atoms with Crippen LogP contribution < -0.4 is 10.1 Å². The summed E-state index contributed by atoms with van der Waals surface area (Å²) in [4.78, 5) is 0. The third-order valence-corrected chi connectivity index (χ3v) is 2.39. The highest BCUT2D eigenvalue weighted by molar-refractivity contribution is 5.36. The van der Waals surface area contributed by atoms with Gasteiger partial charge in [-0.15, -0.1) is 0 Å². The van der Waals surface area contributed by atoms with E-state index in [0.717, 1.165) is 25.1 Å². The summed E-state index contributed by atoms with van der Waals surface area (Å²) in [5.41, 5.74) is 2.43. The summed E-state index contributed by atoms with van der Waals surface area (Å²) in [6.07, 6.45) is 1.69. The lowest BCUT2D eigenvalue weighted by atomic mass is 10.1. The maximum Gasteiger partial charge on any atom is 0.123 e. The summed E-state index contributed by atoms with van der Waals surface area (Å²) >= 11 is 0. The minimum absolute atomic E-state index is 0.237. The first kappa shape index (κ1) is 13.0. The molecule has 1 aromatic rings. The number of nitrogens with one attached hydrogen (secondary N) is 1. The molecule has 0 spiro atoms. The lowest BCUT2D eigenvalue weighted by Crippen LogP contribution is -2.08. The molecule has 3 nitrogen and oxygen atoms in total. The van der Waals surface area contributed by atoms with Crippen molar-refractivity contribution < 1.29 is 9.84 Å². The van der Waals surface area contributed by atoms with Gasteiger partial charge in [0.15, 0.2) is 0 Å². The van der Waals surface area contributed by atoms with Crippen LogP contribution in [0.4, 0.5) is 0 Å². The molecule has 0 aliphatic carbocycles. The van der Waals surface area contributed by atoms with Crippen LogP contribution in [0, 0.1) is 6.92 Å². The SMILES string of the molecule is CNCc1cc(C)ccc1OCCCCO. The van der Waals surface area contributed by atoms with Crippen molar-refractivity contribution >= 4 is 0 Å². The Morgan fingerprint density at radius 2 is 2.12 bits per heavy atom. The van der Waals surface area contributed by atoms with Gasteiger partial charge in [-0.25, -0.2) is 0 Å². The molecule has 0 atom stereocenters. The topological polar surface area (TPSA) is 41.5 Å². The number of rotatable bonds is 7. The molecule has 0 heterocycles. The first-order valence-corrected chi connectivity index (χ1v) is 5.75. The van der Waals surface area contributed by atoms with Crippen molar-refractivity contribution in [1.82, 2.24) is 5.32 Å². The second-order valence-corrected chi connectivity index (χ2v) is 3.92. The number of ether oxygens (including phenoxy) is 1.